The van der Waals surface area contributed by atoms with Crippen molar-refractivity contribution in [1.29, 1.82) is 0 Å². The zero-order chi connectivity index (χ0) is 21.2. The number of rotatable bonds is 6. The van der Waals surface area contributed by atoms with Gasteiger partial charge < -0.3 is 15.6 Å². The number of hydrogen-bond donors (Lipinski definition) is 3. The molecule has 7 nitrogen and oxygen atoms in total. The number of H-pyrrole nitrogens is 1. The number of nitrogens with one attached hydrogen (secondary N) is 3. The number of benzene rings is 2. The lowest BCUT2D eigenvalue weighted by Gasteiger charge is -2.14. The Morgan fingerprint density at radius 1 is 0.710 bits per heavy atom. The summed E-state index contributed by atoms with van der Waals surface area (Å²) >= 11 is 0. The lowest BCUT2D eigenvalue weighted by atomic mass is 10.1. The van der Waals surface area contributed by atoms with Crippen molar-refractivity contribution in [2.24, 2.45) is 0 Å². The summed E-state index contributed by atoms with van der Waals surface area (Å²) in [5, 5.41) is 8.13. The lowest BCUT2D eigenvalue weighted by molar-refractivity contribution is -0.117. The highest BCUT2D eigenvalue weighted by molar-refractivity contribution is 6.10. The van der Waals surface area contributed by atoms with Crippen LogP contribution in [0.3, 0.4) is 0 Å². The zero-order valence-corrected chi connectivity index (χ0v) is 17.7. The van der Waals surface area contributed by atoms with Crippen molar-refractivity contribution >= 4 is 45.0 Å². The van der Waals surface area contributed by atoms with E-state index in [4.69, 9.17) is 0 Å². The highest BCUT2D eigenvalue weighted by Crippen LogP contribution is 2.30. The van der Waals surface area contributed by atoms with E-state index in [9.17, 15) is 9.59 Å². The standard InChI is InChI=1S/C24H29N5O2/c30-23(15-28-9-1-2-10-28)25-17-5-7-21-19(13-17)20-14-18(6-8-22(20)27-21)26-24(31)16-29-11-3-4-12-29/h5-8,13-14,27H,1-4,9-12,15-16H2,(H,25,30)(H,26,31). The third kappa shape index (κ3) is 4.57. The number of likely N-dealkylation sites (tertiary alicyclic amines) is 2. The summed E-state index contributed by atoms with van der Waals surface area (Å²) in [4.78, 5) is 32.6. The second kappa shape index (κ2) is 8.69. The van der Waals surface area contributed by atoms with E-state index in [0.717, 1.165) is 59.4 Å². The second-order valence-corrected chi connectivity index (χ2v) is 8.71. The first-order valence-corrected chi connectivity index (χ1v) is 11.2. The van der Waals surface area contributed by atoms with E-state index in [1.54, 1.807) is 0 Å². The van der Waals surface area contributed by atoms with Crippen LogP contribution in [0.15, 0.2) is 36.4 Å². The molecule has 2 amide bonds. The Bertz CT molecular complexity index is 1020. The SMILES string of the molecule is O=C(CN1CCCC1)Nc1ccc2[nH]c3ccc(NC(=O)CN4CCCC4)cc3c2c1. The summed E-state index contributed by atoms with van der Waals surface area (Å²) < 4.78 is 0. The highest BCUT2D eigenvalue weighted by atomic mass is 16.2. The molecule has 2 aliphatic heterocycles. The number of fused-ring (bicyclic) bond motifs is 3. The van der Waals surface area contributed by atoms with Gasteiger partial charge >= 0.3 is 0 Å². The van der Waals surface area contributed by atoms with Crippen molar-refractivity contribution in [1.82, 2.24) is 14.8 Å². The van der Waals surface area contributed by atoms with Crippen LogP contribution in [-0.4, -0.2) is 65.9 Å². The summed E-state index contributed by atoms with van der Waals surface area (Å²) in [6.45, 7) is 4.89. The molecule has 3 heterocycles. The molecule has 0 spiro atoms. The molecular weight excluding hydrogens is 390 g/mol. The van der Waals surface area contributed by atoms with Gasteiger partial charge in [0, 0.05) is 33.2 Å². The molecule has 2 aliphatic rings. The summed E-state index contributed by atoms with van der Waals surface area (Å²) in [6, 6.07) is 11.9. The van der Waals surface area contributed by atoms with Gasteiger partial charge in [-0.1, -0.05) is 0 Å². The van der Waals surface area contributed by atoms with Crippen LogP contribution in [0.4, 0.5) is 11.4 Å². The van der Waals surface area contributed by atoms with Gasteiger partial charge in [0.25, 0.3) is 0 Å². The van der Waals surface area contributed by atoms with Crippen LogP contribution in [0, 0.1) is 0 Å². The minimum Gasteiger partial charge on any atom is -0.355 e. The number of aromatic amines is 1. The van der Waals surface area contributed by atoms with Crippen LogP contribution in [0.5, 0.6) is 0 Å². The van der Waals surface area contributed by atoms with Gasteiger partial charge in [0.05, 0.1) is 13.1 Å². The zero-order valence-electron chi connectivity index (χ0n) is 17.7. The first kappa shape index (κ1) is 20.0. The van der Waals surface area contributed by atoms with E-state index in [-0.39, 0.29) is 11.8 Å². The van der Waals surface area contributed by atoms with Crippen molar-refractivity contribution in [3.05, 3.63) is 36.4 Å². The summed E-state index contributed by atoms with van der Waals surface area (Å²) in [5.74, 6) is 0.0481. The Kier molecular flexibility index (Phi) is 5.61. The Hall–Kier alpha value is -2.90. The molecule has 0 unspecified atom stereocenters. The highest BCUT2D eigenvalue weighted by Gasteiger charge is 2.17. The van der Waals surface area contributed by atoms with Gasteiger partial charge in [-0.3, -0.25) is 19.4 Å². The maximum atomic E-state index is 12.4. The Balaban J connectivity index is 1.33. The van der Waals surface area contributed by atoms with E-state index in [0.29, 0.717) is 13.1 Å². The number of aromatic nitrogens is 1. The fraction of sp³-hybridized carbons (Fsp3) is 0.417. The predicted molar refractivity (Wildman–Crippen MR) is 124 cm³/mol. The smallest absolute Gasteiger partial charge is 0.238 e. The van der Waals surface area contributed by atoms with Crippen LogP contribution in [0.25, 0.3) is 21.8 Å². The molecule has 3 aromatic rings. The van der Waals surface area contributed by atoms with E-state index in [1.807, 2.05) is 36.4 Å². The molecule has 31 heavy (non-hydrogen) atoms. The molecular formula is C24H29N5O2. The number of carbonyl (C=O) groups is 2. The third-order valence-corrected chi connectivity index (χ3v) is 6.30. The maximum absolute atomic E-state index is 12.4. The average molecular weight is 420 g/mol. The average Bonchev–Trinajstić information content (AvgIpc) is 3.49. The molecule has 0 aliphatic carbocycles. The Labute approximate surface area is 181 Å². The normalized spacial score (nSPS) is 17.5. The van der Waals surface area contributed by atoms with E-state index < -0.39 is 0 Å². The number of amides is 2. The largest absolute Gasteiger partial charge is 0.355 e. The minimum absolute atomic E-state index is 0.0240. The Morgan fingerprint density at radius 3 is 1.55 bits per heavy atom. The molecule has 3 N–H and O–H groups in total. The molecule has 1 aromatic heterocycles. The third-order valence-electron chi connectivity index (χ3n) is 6.30. The molecule has 2 saturated heterocycles. The van der Waals surface area contributed by atoms with Crippen molar-refractivity contribution in [2.45, 2.75) is 25.7 Å². The van der Waals surface area contributed by atoms with E-state index in [2.05, 4.69) is 25.4 Å². The molecule has 0 saturated carbocycles. The molecule has 2 fully saturated rings. The van der Waals surface area contributed by atoms with Crippen molar-refractivity contribution < 1.29 is 9.59 Å². The van der Waals surface area contributed by atoms with Gasteiger partial charge in [0.2, 0.25) is 11.8 Å². The van der Waals surface area contributed by atoms with Crippen molar-refractivity contribution in [3.63, 3.8) is 0 Å². The first-order valence-electron chi connectivity index (χ1n) is 11.2. The fourth-order valence-corrected chi connectivity index (χ4v) is 4.74. The maximum Gasteiger partial charge on any atom is 0.238 e. The summed E-state index contributed by atoms with van der Waals surface area (Å²) in [7, 11) is 0. The molecule has 162 valence electrons. The lowest BCUT2D eigenvalue weighted by Crippen LogP contribution is -2.30. The molecule has 7 heteroatoms. The van der Waals surface area contributed by atoms with Crippen molar-refractivity contribution in [2.75, 3.05) is 49.9 Å². The van der Waals surface area contributed by atoms with E-state index in [1.165, 1.54) is 25.7 Å². The van der Waals surface area contributed by atoms with Gasteiger partial charge in [-0.25, -0.2) is 0 Å². The summed E-state index contributed by atoms with van der Waals surface area (Å²) in [5.41, 5.74) is 3.60. The van der Waals surface area contributed by atoms with Gasteiger partial charge in [-0.15, -0.1) is 0 Å². The van der Waals surface area contributed by atoms with Gasteiger partial charge in [-0.05, 0) is 88.3 Å². The molecule has 0 atom stereocenters. The minimum atomic E-state index is 0.0240. The van der Waals surface area contributed by atoms with E-state index >= 15 is 0 Å². The van der Waals surface area contributed by atoms with Crippen LogP contribution in [0.1, 0.15) is 25.7 Å². The first-order chi connectivity index (χ1) is 15.1. The van der Waals surface area contributed by atoms with Crippen molar-refractivity contribution in [3.8, 4) is 0 Å². The number of nitrogens with zero attached hydrogens (tertiary/aromatic N) is 2. The number of hydrogen-bond acceptors (Lipinski definition) is 4. The van der Waals surface area contributed by atoms with Crippen LogP contribution >= 0.6 is 0 Å². The molecule has 2 aromatic carbocycles. The quantitative estimate of drug-likeness (QED) is 0.572. The van der Waals surface area contributed by atoms with Crippen LogP contribution < -0.4 is 10.6 Å². The van der Waals surface area contributed by atoms with Crippen LogP contribution in [0.2, 0.25) is 0 Å². The monoisotopic (exact) mass is 419 g/mol. The topological polar surface area (TPSA) is 80.5 Å². The molecule has 0 bridgehead atoms. The fourth-order valence-electron chi connectivity index (χ4n) is 4.74. The predicted octanol–water partition coefficient (Wildman–Crippen LogP) is 3.39. The van der Waals surface area contributed by atoms with Crippen LogP contribution in [-0.2, 0) is 9.59 Å². The second-order valence-electron chi connectivity index (χ2n) is 8.71. The Morgan fingerprint density at radius 2 is 1.13 bits per heavy atom. The molecule has 5 rings (SSSR count). The summed E-state index contributed by atoms with van der Waals surface area (Å²) in [6.07, 6.45) is 4.69. The number of anilines is 2. The number of carbonyl (C=O) groups excluding carboxylic acids is 2. The van der Waals surface area contributed by atoms with Gasteiger partial charge in [0.1, 0.15) is 0 Å². The van der Waals surface area contributed by atoms with Gasteiger partial charge in [0.15, 0.2) is 0 Å². The molecule has 0 radical (unpaired) electrons. The van der Waals surface area contributed by atoms with Gasteiger partial charge in [-0.2, -0.15) is 0 Å².